The van der Waals surface area contributed by atoms with Crippen LogP contribution < -0.4 is 5.32 Å². The first-order valence-electron chi connectivity index (χ1n) is 7.49. The summed E-state index contributed by atoms with van der Waals surface area (Å²) in [5, 5.41) is 3.49. The van der Waals surface area contributed by atoms with Crippen molar-refractivity contribution in [2.24, 2.45) is 0 Å². The highest BCUT2D eigenvalue weighted by atomic mass is 19.1. The average Bonchev–Trinajstić information content (AvgIpc) is 2.48. The normalized spacial score (nSPS) is 21.9. The molecule has 0 aliphatic carbocycles. The van der Waals surface area contributed by atoms with Crippen molar-refractivity contribution < 1.29 is 9.13 Å². The van der Waals surface area contributed by atoms with Gasteiger partial charge in [0.2, 0.25) is 0 Å². The Morgan fingerprint density at radius 2 is 2.25 bits per heavy atom. The Kier molecular flexibility index (Phi) is 5.52. The van der Waals surface area contributed by atoms with Crippen LogP contribution in [0.3, 0.4) is 0 Å². The third-order valence-corrected chi connectivity index (χ3v) is 3.96. The summed E-state index contributed by atoms with van der Waals surface area (Å²) in [6.07, 6.45) is 0.119. The van der Waals surface area contributed by atoms with Crippen LogP contribution >= 0.6 is 0 Å². The predicted octanol–water partition coefficient (Wildman–Crippen LogP) is 2.51. The van der Waals surface area contributed by atoms with E-state index in [9.17, 15) is 4.39 Å². The van der Waals surface area contributed by atoms with Gasteiger partial charge < -0.3 is 10.1 Å². The topological polar surface area (TPSA) is 24.5 Å². The van der Waals surface area contributed by atoms with Crippen molar-refractivity contribution in [2.75, 3.05) is 32.8 Å². The fraction of sp³-hybridized carbons (Fsp3) is 0.625. The van der Waals surface area contributed by atoms with Gasteiger partial charge in [-0.25, -0.2) is 4.39 Å². The summed E-state index contributed by atoms with van der Waals surface area (Å²) < 4.78 is 19.4. The van der Waals surface area contributed by atoms with Crippen molar-refractivity contribution >= 4 is 0 Å². The lowest BCUT2D eigenvalue weighted by Crippen LogP contribution is -2.48. The lowest BCUT2D eigenvalue weighted by molar-refractivity contribution is -0.0453. The summed E-state index contributed by atoms with van der Waals surface area (Å²) in [6, 6.07) is 5.46. The van der Waals surface area contributed by atoms with Crippen LogP contribution in [0, 0.1) is 12.7 Å². The SMILES string of the molecule is CCNC(c1ccc(F)c(C)c1)C1CN(CC)CCO1. The molecule has 20 heavy (non-hydrogen) atoms. The van der Waals surface area contributed by atoms with E-state index in [4.69, 9.17) is 4.74 Å². The van der Waals surface area contributed by atoms with E-state index < -0.39 is 0 Å². The van der Waals surface area contributed by atoms with Crippen LogP contribution in [0.15, 0.2) is 18.2 Å². The molecule has 3 nitrogen and oxygen atoms in total. The standard InChI is InChI=1S/C16H25FN2O/c1-4-18-16(13-6-7-14(17)12(3)10-13)15-11-19(5-2)8-9-20-15/h6-7,10,15-16,18H,4-5,8-9,11H2,1-3H3. The molecular weight excluding hydrogens is 255 g/mol. The number of hydrogen-bond acceptors (Lipinski definition) is 3. The second kappa shape index (κ2) is 7.16. The third kappa shape index (κ3) is 3.57. The maximum Gasteiger partial charge on any atom is 0.126 e. The predicted molar refractivity (Wildman–Crippen MR) is 79.4 cm³/mol. The van der Waals surface area contributed by atoms with E-state index in [1.54, 1.807) is 6.07 Å². The minimum Gasteiger partial charge on any atom is -0.374 e. The Labute approximate surface area is 121 Å². The Hall–Kier alpha value is -0.970. The fourth-order valence-electron chi connectivity index (χ4n) is 2.77. The van der Waals surface area contributed by atoms with Crippen molar-refractivity contribution in [1.82, 2.24) is 10.2 Å². The Morgan fingerprint density at radius 3 is 2.90 bits per heavy atom. The van der Waals surface area contributed by atoms with Gasteiger partial charge in [0, 0.05) is 13.1 Å². The lowest BCUT2D eigenvalue weighted by atomic mass is 9.98. The molecule has 0 amide bonds. The summed E-state index contributed by atoms with van der Waals surface area (Å²) in [4.78, 5) is 2.40. The van der Waals surface area contributed by atoms with Crippen molar-refractivity contribution in [1.29, 1.82) is 0 Å². The maximum atomic E-state index is 13.4. The highest BCUT2D eigenvalue weighted by Crippen LogP contribution is 2.24. The van der Waals surface area contributed by atoms with Gasteiger partial charge in [0.15, 0.2) is 0 Å². The van der Waals surface area contributed by atoms with Crippen molar-refractivity contribution in [3.8, 4) is 0 Å². The van der Waals surface area contributed by atoms with E-state index in [2.05, 4.69) is 24.1 Å². The minimum absolute atomic E-state index is 0.119. The van der Waals surface area contributed by atoms with E-state index in [1.165, 1.54) is 0 Å². The summed E-state index contributed by atoms with van der Waals surface area (Å²) in [5.41, 5.74) is 1.79. The zero-order valence-corrected chi connectivity index (χ0v) is 12.7. The van der Waals surface area contributed by atoms with Crippen LogP contribution in [0.5, 0.6) is 0 Å². The molecule has 1 aromatic rings. The first-order chi connectivity index (χ1) is 9.65. The first kappa shape index (κ1) is 15.4. The highest BCUT2D eigenvalue weighted by Gasteiger charge is 2.28. The van der Waals surface area contributed by atoms with Gasteiger partial charge in [-0.2, -0.15) is 0 Å². The molecule has 2 rings (SSSR count). The fourth-order valence-corrected chi connectivity index (χ4v) is 2.77. The molecule has 1 aromatic carbocycles. The number of nitrogens with one attached hydrogen (secondary N) is 1. The molecule has 0 spiro atoms. The summed E-state index contributed by atoms with van der Waals surface area (Å²) in [7, 11) is 0. The number of halogens is 1. The molecule has 2 atom stereocenters. The van der Waals surface area contributed by atoms with Crippen LogP contribution in [0.2, 0.25) is 0 Å². The molecular formula is C16H25FN2O. The van der Waals surface area contributed by atoms with E-state index in [0.29, 0.717) is 5.56 Å². The molecule has 0 aromatic heterocycles. The molecule has 0 bridgehead atoms. The van der Waals surface area contributed by atoms with Gasteiger partial charge in [-0.05, 0) is 37.2 Å². The van der Waals surface area contributed by atoms with E-state index >= 15 is 0 Å². The second-order valence-electron chi connectivity index (χ2n) is 5.35. The number of benzene rings is 1. The number of hydrogen-bond donors (Lipinski definition) is 1. The molecule has 1 fully saturated rings. The van der Waals surface area contributed by atoms with Crippen LogP contribution in [0.1, 0.15) is 31.0 Å². The van der Waals surface area contributed by atoms with Gasteiger partial charge in [-0.15, -0.1) is 0 Å². The summed E-state index contributed by atoms with van der Waals surface area (Å²) >= 11 is 0. The number of likely N-dealkylation sites (N-methyl/N-ethyl adjacent to an activating group) is 2. The highest BCUT2D eigenvalue weighted by molar-refractivity contribution is 5.27. The van der Waals surface area contributed by atoms with E-state index in [0.717, 1.165) is 38.3 Å². The van der Waals surface area contributed by atoms with Crippen LogP contribution in [-0.4, -0.2) is 43.8 Å². The van der Waals surface area contributed by atoms with Gasteiger partial charge in [-0.3, -0.25) is 4.90 Å². The van der Waals surface area contributed by atoms with Gasteiger partial charge in [0.25, 0.3) is 0 Å². The molecule has 2 unspecified atom stereocenters. The summed E-state index contributed by atoms with van der Waals surface area (Å²) in [6.45, 7) is 10.7. The summed E-state index contributed by atoms with van der Waals surface area (Å²) in [5.74, 6) is -0.149. The van der Waals surface area contributed by atoms with Crippen LogP contribution in [-0.2, 0) is 4.74 Å². The Morgan fingerprint density at radius 1 is 1.45 bits per heavy atom. The van der Waals surface area contributed by atoms with Crippen LogP contribution in [0.25, 0.3) is 0 Å². The first-order valence-corrected chi connectivity index (χ1v) is 7.49. The monoisotopic (exact) mass is 280 g/mol. The van der Waals surface area contributed by atoms with E-state index in [-0.39, 0.29) is 18.0 Å². The number of ether oxygens (including phenoxy) is 1. The molecule has 1 heterocycles. The zero-order valence-electron chi connectivity index (χ0n) is 12.7. The van der Waals surface area contributed by atoms with Crippen molar-refractivity contribution in [2.45, 2.75) is 32.9 Å². The van der Waals surface area contributed by atoms with Crippen molar-refractivity contribution in [3.05, 3.63) is 35.1 Å². The quantitative estimate of drug-likeness (QED) is 0.897. The molecule has 1 aliphatic rings. The zero-order chi connectivity index (χ0) is 14.5. The number of morpholine rings is 1. The Bertz CT molecular complexity index is 438. The smallest absolute Gasteiger partial charge is 0.126 e. The minimum atomic E-state index is -0.149. The second-order valence-corrected chi connectivity index (χ2v) is 5.35. The molecule has 0 saturated carbocycles. The number of nitrogens with zero attached hydrogens (tertiary/aromatic N) is 1. The van der Waals surface area contributed by atoms with Crippen molar-refractivity contribution in [3.63, 3.8) is 0 Å². The Balaban J connectivity index is 2.18. The molecule has 4 heteroatoms. The average molecular weight is 280 g/mol. The third-order valence-electron chi connectivity index (χ3n) is 3.96. The number of aryl methyl sites for hydroxylation is 1. The van der Waals surface area contributed by atoms with E-state index in [1.807, 2.05) is 19.1 Å². The molecule has 1 saturated heterocycles. The maximum absolute atomic E-state index is 13.4. The molecule has 0 radical (unpaired) electrons. The van der Waals surface area contributed by atoms with Gasteiger partial charge in [0.1, 0.15) is 5.82 Å². The molecule has 1 aliphatic heterocycles. The number of rotatable bonds is 5. The van der Waals surface area contributed by atoms with Gasteiger partial charge in [0.05, 0.1) is 18.8 Å². The lowest BCUT2D eigenvalue weighted by Gasteiger charge is -2.37. The van der Waals surface area contributed by atoms with Crippen LogP contribution in [0.4, 0.5) is 4.39 Å². The van der Waals surface area contributed by atoms with Gasteiger partial charge >= 0.3 is 0 Å². The van der Waals surface area contributed by atoms with Gasteiger partial charge in [-0.1, -0.05) is 26.0 Å². The molecule has 1 N–H and O–H groups in total. The molecule has 112 valence electrons. The largest absolute Gasteiger partial charge is 0.374 e.